The first-order valence-electron chi connectivity index (χ1n) is 6.15. The second kappa shape index (κ2) is 7.97. The van der Waals surface area contributed by atoms with Crippen molar-refractivity contribution in [3.8, 4) is 11.5 Å². The molecular weight excluding hydrogens is 244 g/mol. The normalized spacial score (nSPS) is 10.4. The molecule has 0 atom stereocenters. The number of hydrogen-bond acceptors (Lipinski definition) is 3. The summed E-state index contributed by atoms with van der Waals surface area (Å²) in [5.41, 5.74) is 11.3. The van der Waals surface area contributed by atoms with E-state index in [1.807, 2.05) is 18.2 Å². The number of benzene rings is 1. The number of methoxy groups -OCH3 is 1. The van der Waals surface area contributed by atoms with Gasteiger partial charge in [-0.05, 0) is 24.6 Å². The minimum absolute atomic E-state index is 0.0252. The Hall–Kier alpha value is -2.24. The van der Waals surface area contributed by atoms with Crippen LogP contribution in [0.4, 0.5) is 0 Å². The Kier molecular flexibility index (Phi) is 6.21. The van der Waals surface area contributed by atoms with Crippen molar-refractivity contribution < 1.29 is 14.6 Å². The van der Waals surface area contributed by atoms with Crippen LogP contribution in [-0.4, -0.2) is 25.9 Å². The quantitative estimate of drug-likeness (QED) is 0.269. The Morgan fingerprint density at radius 3 is 2.79 bits per heavy atom. The fourth-order valence-electron chi connectivity index (χ4n) is 1.40. The van der Waals surface area contributed by atoms with Crippen molar-refractivity contribution in [2.24, 2.45) is 16.6 Å². The van der Waals surface area contributed by atoms with Gasteiger partial charge in [0.05, 0.1) is 13.7 Å². The highest BCUT2D eigenvalue weighted by molar-refractivity contribution is 5.78. The molecule has 0 aliphatic carbocycles. The Morgan fingerprint density at radius 1 is 1.37 bits per heavy atom. The lowest BCUT2D eigenvalue weighted by Gasteiger charge is -2.10. The molecule has 5 N–H and O–H groups in total. The SMILES string of the molecule is CCCCOc1ccc(/C=[NH+]\N=C(N)N)cc1OC. The van der Waals surface area contributed by atoms with Crippen molar-refractivity contribution >= 4 is 12.2 Å². The molecule has 0 aliphatic heterocycles. The smallest absolute Gasteiger partial charge is 0.256 e. The van der Waals surface area contributed by atoms with Crippen LogP contribution in [0.25, 0.3) is 0 Å². The molecule has 0 amide bonds. The summed E-state index contributed by atoms with van der Waals surface area (Å²) in [6.45, 7) is 2.80. The number of unbranched alkanes of at least 4 members (excludes halogenated alkanes) is 1. The zero-order valence-corrected chi connectivity index (χ0v) is 11.3. The summed E-state index contributed by atoms with van der Waals surface area (Å²) in [7, 11) is 1.61. The standard InChI is InChI=1S/C13H20N4O2/c1-3-4-7-19-11-6-5-10(8-12(11)18-2)9-16-17-13(14)15/h5-6,8-9H,3-4,7H2,1-2H3,(H4,14,15,17)/p+1/b16-9-. The van der Waals surface area contributed by atoms with Crippen LogP contribution in [-0.2, 0) is 0 Å². The maximum absolute atomic E-state index is 5.64. The molecule has 1 aromatic carbocycles. The van der Waals surface area contributed by atoms with Crippen molar-refractivity contribution in [3.05, 3.63) is 23.8 Å². The first-order valence-corrected chi connectivity index (χ1v) is 6.15. The van der Waals surface area contributed by atoms with E-state index in [1.165, 1.54) is 0 Å². The third kappa shape index (κ3) is 5.29. The van der Waals surface area contributed by atoms with Gasteiger partial charge in [0.15, 0.2) is 11.5 Å². The first kappa shape index (κ1) is 14.8. The molecule has 0 bridgehead atoms. The van der Waals surface area contributed by atoms with E-state index in [9.17, 15) is 0 Å². The predicted octanol–water partition coefficient (Wildman–Crippen LogP) is -0.438. The molecular formula is C13H21N4O2+. The lowest BCUT2D eigenvalue weighted by molar-refractivity contribution is -0.456. The minimum atomic E-state index is -0.0252. The van der Waals surface area contributed by atoms with Crippen molar-refractivity contribution in [1.29, 1.82) is 0 Å². The van der Waals surface area contributed by atoms with Gasteiger partial charge in [-0.1, -0.05) is 13.3 Å². The molecule has 104 valence electrons. The fourth-order valence-corrected chi connectivity index (χ4v) is 1.40. The highest BCUT2D eigenvalue weighted by Gasteiger charge is 2.05. The van der Waals surface area contributed by atoms with Crippen molar-refractivity contribution in [3.63, 3.8) is 0 Å². The first-order chi connectivity index (χ1) is 9.17. The molecule has 19 heavy (non-hydrogen) atoms. The maximum Gasteiger partial charge on any atom is 0.256 e. The summed E-state index contributed by atoms with van der Waals surface area (Å²) < 4.78 is 10.9. The molecule has 0 unspecified atom stereocenters. The Morgan fingerprint density at radius 2 is 2.16 bits per heavy atom. The topological polar surface area (TPSA) is 96.8 Å². The van der Waals surface area contributed by atoms with Crippen molar-refractivity contribution in [1.82, 2.24) is 0 Å². The van der Waals surface area contributed by atoms with E-state index < -0.39 is 0 Å². The number of nitrogens with two attached hydrogens (primary N) is 2. The van der Waals surface area contributed by atoms with Gasteiger partial charge in [-0.15, -0.1) is 5.10 Å². The third-order valence-corrected chi connectivity index (χ3v) is 2.37. The number of ether oxygens (including phenoxy) is 2. The zero-order valence-electron chi connectivity index (χ0n) is 11.3. The molecule has 0 fully saturated rings. The number of hydrogen-bond donors (Lipinski definition) is 3. The maximum atomic E-state index is 5.64. The van der Waals surface area contributed by atoms with Gasteiger partial charge >= 0.3 is 0 Å². The van der Waals surface area contributed by atoms with Crippen LogP contribution in [0.2, 0.25) is 0 Å². The second-order valence-corrected chi connectivity index (χ2v) is 3.92. The van der Waals surface area contributed by atoms with E-state index in [2.05, 4.69) is 17.1 Å². The molecule has 0 radical (unpaired) electrons. The van der Waals surface area contributed by atoms with Gasteiger partial charge in [0.2, 0.25) is 6.21 Å². The number of nitrogens with one attached hydrogen (secondary N) is 1. The van der Waals surface area contributed by atoms with E-state index in [0.29, 0.717) is 12.4 Å². The van der Waals surface area contributed by atoms with E-state index in [1.54, 1.807) is 13.3 Å². The van der Waals surface area contributed by atoms with E-state index in [0.717, 1.165) is 24.2 Å². The van der Waals surface area contributed by atoms with Gasteiger partial charge in [0.25, 0.3) is 5.96 Å². The highest BCUT2D eigenvalue weighted by atomic mass is 16.5. The van der Waals surface area contributed by atoms with Gasteiger partial charge in [0, 0.05) is 10.7 Å². The lowest BCUT2D eigenvalue weighted by Crippen LogP contribution is -2.63. The molecule has 6 heteroatoms. The second-order valence-electron chi connectivity index (χ2n) is 3.92. The van der Waals surface area contributed by atoms with Crippen LogP contribution >= 0.6 is 0 Å². The Bertz CT molecular complexity index is 454. The molecule has 0 saturated heterocycles. The third-order valence-electron chi connectivity index (χ3n) is 2.37. The molecule has 1 aromatic rings. The van der Waals surface area contributed by atoms with Crippen LogP contribution < -0.4 is 26.0 Å². The van der Waals surface area contributed by atoms with E-state index in [4.69, 9.17) is 20.9 Å². The van der Waals surface area contributed by atoms with E-state index in [-0.39, 0.29) is 5.96 Å². The molecule has 6 nitrogen and oxygen atoms in total. The fraction of sp³-hybridized carbons (Fsp3) is 0.385. The molecule has 0 saturated carbocycles. The van der Waals surface area contributed by atoms with Crippen molar-refractivity contribution in [2.45, 2.75) is 19.8 Å². The van der Waals surface area contributed by atoms with Gasteiger partial charge in [-0.3, -0.25) is 0 Å². The monoisotopic (exact) mass is 265 g/mol. The summed E-state index contributed by atoms with van der Waals surface area (Å²) in [4.78, 5) is 0. The summed E-state index contributed by atoms with van der Waals surface area (Å²) in [6.07, 6.45) is 3.78. The number of guanidine groups is 1. The summed E-state index contributed by atoms with van der Waals surface area (Å²) in [5.74, 6) is 1.38. The predicted molar refractivity (Wildman–Crippen MR) is 75.3 cm³/mol. The highest BCUT2D eigenvalue weighted by Crippen LogP contribution is 2.27. The average Bonchev–Trinajstić information content (AvgIpc) is 2.39. The molecule has 0 aromatic heterocycles. The van der Waals surface area contributed by atoms with Crippen LogP contribution in [0.3, 0.4) is 0 Å². The largest absolute Gasteiger partial charge is 0.493 e. The molecule has 0 heterocycles. The van der Waals surface area contributed by atoms with Crippen LogP contribution in [0.5, 0.6) is 11.5 Å². The summed E-state index contributed by atoms with van der Waals surface area (Å²) >= 11 is 0. The average molecular weight is 265 g/mol. The summed E-state index contributed by atoms with van der Waals surface area (Å²) in [6, 6.07) is 5.59. The van der Waals surface area contributed by atoms with Crippen molar-refractivity contribution in [2.75, 3.05) is 13.7 Å². The van der Waals surface area contributed by atoms with Gasteiger partial charge in [-0.2, -0.15) is 0 Å². The zero-order chi connectivity index (χ0) is 14.1. The van der Waals surface area contributed by atoms with Gasteiger partial charge in [-0.25, -0.2) is 0 Å². The number of hydrazone groups is 1. The Balaban J connectivity index is 2.77. The molecule has 0 spiro atoms. The molecule has 0 aliphatic rings. The summed E-state index contributed by atoms with van der Waals surface area (Å²) in [5, 5.41) is 6.29. The van der Waals surface area contributed by atoms with Gasteiger partial charge in [0.1, 0.15) is 0 Å². The van der Waals surface area contributed by atoms with Crippen LogP contribution in [0.15, 0.2) is 23.3 Å². The number of rotatable bonds is 7. The van der Waals surface area contributed by atoms with Crippen LogP contribution in [0, 0.1) is 0 Å². The molecule has 1 rings (SSSR count). The number of nitrogens with zero attached hydrogens (tertiary/aromatic N) is 1. The lowest BCUT2D eigenvalue weighted by atomic mass is 10.2. The van der Waals surface area contributed by atoms with E-state index >= 15 is 0 Å². The van der Waals surface area contributed by atoms with Crippen LogP contribution in [0.1, 0.15) is 25.3 Å². The van der Waals surface area contributed by atoms with Gasteiger partial charge < -0.3 is 20.9 Å². The minimum Gasteiger partial charge on any atom is -0.493 e. The Labute approximate surface area is 113 Å².